The van der Waals surface area contributed by atoms with Gasteiger partial charge in [-0.25, -0.2) is 4.63 Å². The number of nitrogens with zero attached hydrogens (tertiary/aromatic N) is 3. The average Bonchev–Trinajstić information content (AvgIpc) is 2.57. The Hall–Kier alpha value is -1.26. The molecule has 0 atom stereocenters. The van der Waals surface area contributed by atoms with E-state index in [0.717, 1.165) is 0 Å². The highest BCUT2D eigenvalue weighted by Crippen LogP contribution is 2.08. The quantitative estimate of drug-likeness (QED) is 0.585. The Kier molecular flexibility index (Phi) is 0.893. The van der Waals surface area contributed by atoms with Crippen molar-refractivity contribution in [2.45, 2.75) is 19.9 Å². The van der Waals surface area contributed by atoms with Gasteiger partial charge in [0.25, 0.3) is 0 Å². The molecule has 10 heavy (non-hydrogen) atoms. The van der Waals surface area contributed by atoms with Crippen molar-refractivity contribution in [2.75, 3.05) is 0 Å². The van der Waals surface area contributed by atoms with E-state index in [0.29, 0.717) is 18.7 Å². The lowest BCUT2D eigenvalue weighted by molar-refractivity contribution is -0.112. The van der Waals surface area contributed by atoms with Crippen LogP contribution in [0.2, 0.25) is 0 Å². The minimum Gasteiger partial charge on any atom is -0.293 e. The molecule has 5 nitrogen and oxygen atoms in total. The molecule has 0 spiro atoms. The Morgan fingerprint density at radius 2 is 2.70 bits per heavy atom. The molecule has 0 saturated carbocycles. The van der Waals surface area contributed by atoms with E-state index in [-0.39, 0.29) is 5.78 Å². The van der Waals surface area contributed by atoms with E-state index in [4.69, 9.17) is 4.63 Å². The molecular weight excluding hydrogens is 134 g/mol. The maximum absolute atomic E-state index is 10.9. The maximum Gasteiger partial charge on any atom is 0.180 e. The fraction of sp³-hybridized carbons (Fsp3) is 0.600. The lowest BCUT2D eigenvalue weighted by Gasteiger charge is -1.90. The van der Waals surface area contributed by atoms with Gasteiger partial charge in [-0.2, -0.15) is 0 Å². The van der Waals surface area contributed by atoms with Crippen LogP contribution in [0.5, 0.6) is 0 Å². The Morgan fingerprint density at radius 3 is 3.20 bits per heavy atom. The van der Waals surface area contributed by atoms with Crippen molar-refractivity contribution in [3.05, 3.63) is 0 Å². The summed E-state index contributed by atoms with van der Waals surface area (Å²) in [7, 11) is 0. The van der Waals surface area contributed by atoms with Crippen LogP contribution in [0.4, 0.5) is 0 Å². The van der Waals surface area contributed by atoms with Gasteiger partial charge in [0.2, 0.25) is 0 Å². The summed E-state index contributed by atoms with van der Waals surface area (Å²) in [6.07, 6.45) is 0.514. The summed E-state index contributed by atoms with van der Waals surface area (Å²) in [4.78, 5) is 13.8. The Balaban J connectivity index is 2.14. The summed E-state index contributed by atoms with van der Waals surface area (Å²) in [5.41, 5.74) is 0.591. The molecule has 0 radical (unpaired) electrons. The van der Waals surface area contributed by atoms with Gasteiger partial charge in [0, 0.05) is 11.4 Å². The van der Waals surface area contributed by atoms with Gasteiger partial charge in [-0.3, -0.25) is 4.79 Å². The number of hydrogen-bond donors (Lipinski definition) is 0. The van der Waals surface area contributed by atoms with Gasteiger partial charge in [0.1, 0.15) is 12.3 Å². The Labute approximate surface area is 56.8 Å². The average molecular weight is 141 g/mol. The summed E-state index contributed by atoms with van der Waals surface area (Å²) < 4.78 is 4.70. The first-order chi connectivity index (χ1) is 4.81. The third-order valence-corrected chi connectivity index (χ3v) is 1.47. The van der Waals surface area contributed by atoms with E-state index >= 15 is 0 Å². The van der Waals surface area contributed by atoms with E-state index in [1.165, 1.54) is 9.82 Å². The topological polar surface area (TPSA) is 52.4 Å². The zero-order chi connectivity index (χ0) is 7.14. The zero-order valence-electron chi connectivity index (χ0n) is 5.57. The number of Topliss-reactive ketones (excluding diaryl/α,β-unsaturated/α-hetero) is 1. The fourth-order valence-electron chi connectivity index (χ4n) is 0.836. The monoisotopic (exact) mass is 141 g/mol. The first-order valence-corrected chi connectivity index (χ1v) is 3.17. The standard InChI is InChI=1S/C5H7N3O2/c1-2-5(9)4-3-7-8(6-4)10-7/h2-3H2,1H3. The first kappa shape index (κ1) is 5.52. The van der Waals surface area contributed by atoms with Crippen molar-refractivity contribution in [3.63, 3.8) is 0 Å². The molecule has 0 aliphatic carbocycles. The highest BCUT2D eigenvalue weighted by Gasteiger charge is 2.25. The maximum atomic E-state index is 10.9. The molecular formula is C5H7N3O2. The molecule has 0 N–H and O–H groups in total. The van der Waals surface area contributed by atoms with E-state index < -0.39 is 0 Å². The summed E-state index contributed by atoms with van der Waals surface area (Å²) >= 11 is 0. The largest absolute Gasteiger partial charge is 0.293 e. The van der Waals surface area contributed by atoms with Crippen LogP contribution in [0.15, 0.2) is 9.73 Å². The molecule has 1 aliphatic rings. The van der Waals surface area contributed by atoms with Crippen LogP contribution in [0, 0.1) is 0 Å². The van der Waals surface area contributed by atoms with Gasteiger partial charge in [0.05, 0.1) is 0 Å². The fourth-order valence-corrected chi connectivity index (χ4v) is 0.836. The molecule has 0 bridgehead atoms. The van der Waals surface area contributed by atoms with Crippen LogP contribution in [0.3, 0.4) is 0 Å². The molecule has 0 unspecified atom stereocenters. The number of aromatic nitrogens is 2. The number of hydrogen-bond acceptors (Lipinski definition) is 3. The third-order valence-electron chi connectivity index (χ3n) is 1.47. The second-order valence-electron chi connectivity index (χ2n) is 2.17. The summed E-state index contributed by atoms with van der Waals surface area (Å²) in [6.45, 7) is 2.33. The minimum absolute atomic E-state index is 0.0933. The summed E-state index contributed by atoms with van der Waals surface area (Å²) in [5, 5.41) is 3.84. The normalized spacial score (nSPS) is 15.5. The molecule has 1 aliphatic heterocycles. The van der Waals surface area contributed by atoms with Crippen molar-refractivity contribution in [3.8, 4) is 0 Å². The summed E-state index contributed by atoms with van der Waals surface area (Å²) in [6, 6.07) is 0. The Morgan fingerprint density at radius 1 is 1.90 bits per heavy atom. The number of rotatable bonds is 2. The second-order valence-corrected chi connectivity index (χ2v) is 2.17. The predicted molar refractivity (Wildman–Crippen MR) is 32.8 cm³/mol. The van der Waals surface area contributed by atoms with Crippen molar-refractivity contribution in [1.82, 2.24) is 9.82 Å². The van der Waals surface area contributed by atoms with Crippen molar-refractivity contribution < 1.29 is 9.42 Å². The van der Waals surface area contributed by atoms with Crippen molar-refractivity contribution in [2.24, 2.45) is 5.10 Å². The molecule has 2 rings (SSSR count). The lowest BCUT2D eigenvalue weighted by Crippen LogP contribution is -2.14. The van der Waals surface area contributed by atoms with Gasteiger partial charge in [-0.1, -0.05) is 11.8 Å². The van der Waals surface area contributed by atoms with Gasteiger partial charge in [-0.15, -0.1) is 5.10 Å². The first-order valence-electron chi connectivity index (χ1n) is 3.17. The molecule has 0 saturated heterocycles. The van der Waals surface area contributed by atoms with E-state index in [1.807, 2.05) is 6.92 Å². The molecule has 2 heterocycles. The van der Waals surface area contributed by atoms with Crippen LogP contribution >= 0.6 is 0 Å². The van der Waals surface area contributed by atoms with E-state index in [1.54, 1.807) is 0 Å². The predicted octanol–water partition coefficient (Wildman–Crippen LogP) is 0.0794. The minimum atomic E-state index is 0.0933. The van der Waals surface area contributed by atoms with E-state index in [9.17, 15) is 4.79 Å². The van der Waals surface area contributed by atoms with Crippen LogP contribution in [-0.4, -0.2) is 21.3 Å². The zero-order valence-corrected chi connectivity index (χ0v) is 5.57. The number of ketones is 1. The summed E-state index contributed by atoms with van der Waals surface area (Å²) in [5.74, 6) is 0.0933. The number of carbonyl (C=O) groups is 1. The smallest absolute Gasteiger partial charge is 0.180 e. The van der Waals surface area contributed by atoms with E-state index in [2.05, 4.69) is 5.10 Å². The molecule has 0 amide bonds. The van der Waals surface area contributed by atoms with Crippen LogP contribution in [0.1, 0.15) is 13.3 Å². The SMILES string of the molecule is CCC(=O)C1=Nn2on2C1. The lowest BCUT2D eigenvalue weighted by atomic mass is 10.2. The van der Waals surface area contributed by atoms with Crippen LogP contribution in [0.25, 0.3) is 0 Å². The highest BCUT2D eigenvalue weighted by molar-refractivity contribution is 6.39. The molecule has 5 heteroatoms. The van der Waals surface area contributed by atoms with Crippen molar-refractivity contribution in [1.29, 1.82) is 0 Å². The van der Waals surface area contributed by atoms with Crippen LogP contribution in [-0.2, 0) is 11.3 Å². The van der Waals surface area contributed by atoms with Crippen molar-refractivity contribution >= 4 is 11.5 Å². The Bertz CT molecular complexity index is 288. The molecule has 1 aromatic rings. The molecule has 0 fully saturated rings. The molecule has 1 aromatic heterocycles. The van der Waals surface area contributed by atoms with Gasteiger partial charge in [0.15, 0.2) is 5.78 Å². The van der Waals surface area contributed by atoms with Crippen LogP contribution < -0.4 is 0 Å². The second kappa shape index (κ2) is 1.62. The number of fused-ring (bicyclic) bond motifs is 1. The van der Waals surface area contributed by atoms with Gasteiger partial charge < -0.3 is 0 Å². The highest BCUT2D eigenvalue weighted by atomic mass is 16.8. The molecule has 54 valence electrons. The third kappa shape index (κ3) is 0.632. The molecule has 0 aromatic carbocycles. The number of carbonyl (C=O) groups excluding carboxylic acids is 1. The van der Waals surface area contributed by atoms with Gasteiger partial charge in [-0.05, 0) is 0 Å². The van der Waals surface area contributed by atoms with Gasteiger partial charge >= 0.3 is 0 Å².